The van der Waals surface area contributed by atoms with Gasteiger partial charge < -0.3 is 10.6 Å². The van der Waals surface area contributed by atoms with Gasteiger partial charge in [0.25, 0.3) is 0 Å². The first-order valence-electron chi connectivity index (χ1n) is 8.19. The zero-order chi connectivity index (χ0) is 15.6. The van der Waals surface area contributed by atoms with E-state index in [1.807, 2.05) is 12.3 Å². The van der Waals surface area contributed by atoms with E-state index in [0.29, 0.717) is 5.95 Å². The first-order valence-corrected chi connectivity index (χ1v) is 8.19. The molecule has 1 aliphatic rings. The summed E-state index contributed by atoms with van der Waals surface area (Å²) in [6.07, 6.45) is 5.49. The standard InChI is InChI=1S/C18H21N5/c19-18-20-17-16(7-4-10-23(17)21-18)22-11-8-15(9-12-22)13-14-5-2-1-3-6-14/h1-7,10,15H,8-9,11-13H2,(H2,19,21). The van der Waals surface area contributed by atoms with Gasteiger partial charge in [-0.05, 0) is 42.9 Å². The lowest BCUT2D eigenvalue weighted by Crippen LogP contribution is -2.34. The van der Waals surface area contributed by atoms with Crippen LogP contribution in [0.1, 0.15) is 18.4 Å². The Hall–Kier alpha value is -2.56. The maximum atomic E-state index is 5.74. The normalized spacial score (nSPS) is 16.1. The molecule has 0 atom stereocenters. The predicted molar refractivity (Wildman–Crippen MR) is 92.5 cm³/mol. The molecule has 118 valence electrons. The van der Waals surface area contributed by atoms with Gasteiger partial charge in [-0.25, -0.2) is 4.52 Å². The Morgan fingerprint density at radius 2 is 1.83 bits per heavy atom. The number of rotatable bonds is 3. The van der Waals surface area contributed by atoms with Gasteiger partial charge in [0.15, 0.2) is 5.65 Å². The fourth-order valence-electron chi connectivity index (χ4n) is 3.48. The topological polar surface area (TPSA) is 59.5 Å². The number of hydrogen-bond donors (Lipinski definition) is 1. The molecular formula is C18H21N5. The number of nitrogens with zero attached hydrogens (tertiary/aromatic N) is 4. The number of fused-ring (bicyclic) bond motifs is 1. The van der Waals surface area contributed by atoms with Gasteiger partial charge in [-0.3, -0.25) is 0 Å². The molecule has 2 aromatic heterocycles. The number of hydrogen-bond acceptors (Lipinski definition) is 4. The molecule has 1 fully saturated rings. The van der Waals surface area contributed by atoms with E-state index in [0.717, 1.165) is 30.3 Å². The monoisotopic (exact) mass is 307 g/mol. The molecule has 3 heterocycles. The van der Waals surface area contributed by atoms with Gasteiger partial charge in [0, 0.05) is 19.3 Å². The van der Waals surface area contributed by atoms with Crippen LogP contribution in [-0.2, 0) is 6.42 Å². The van der Waals surface area contributed by atoms with Crippen molar-refractivity contribution in [3.63, 3.8) is 0 Å². The molecule has 5 heteroatoms. The highest BCUT2D eigenvalue weighted by Gasteiger charge is 2.21. The zero-order valence-corrected chi connectivity index (χ0v) is 13.1. The molecule has 1 aliphatic heterocycles. The number of nitrogen functional groups attached to an aromatic ring is 1. The minimum atomic E-state index is 0.330. The Kier molecular flexibility index (Phi) is 3.61. The maximum Gasteiger partial charge on any atom is 0.240 e. The quantitative estimate of drug-likeness (QED) is 0.808. The highest BCUT2D eigenvalue weighted by molar-refractivity contribution is 5.69. The molecule has 0 unspecified atom stereocenters. The van der Waals surface area contributed by atoms with E-state index in [9.17, 15) is 0 Å². The molecule has 1 saturated heterocycles. The van der Waals surface area contributed by atoms with E-state index in [-0.39, 0.29) is 0 Å². The first-order chi connectivity index (χ1) is 11.3. The number of anilines is 2. The molecule has 0 bridgehead atoms. The molecule has 4 rings (SSSR count). The number of pyridine rings is 1. The molecule has 0 saturated carbocycles. The van der Waals surface area contributed by atoms with Crippen LogP contribution in [-0.4, -0.2) is 27.7 Å². The summed E-state index contributed by atoms with van der Waals surface area (Å²) < 4.78 is 1.76. The second-order valence-electron chi connectivity index (χ2n) is 6.25. The number of nitrogens with two attached hydrogens (primary N) is 1. The van der Waals surface area contributed by atoms with Gasteiger partial charge >= 0.3 is 0 Å². The molecule has 0 amide bonds. The summed E-state index contributed by atoms with van der Waals surface area (Å²) in [4.78, 5) is 6.77. The Morgan fingerprint density at radius 3 is 2.61 bits per heavy atom. The van der Waals surface area contributed by atoms with Crippen molar-refractivity contribution in [1.29, 1.82) is 0 Å². The summed E-state index contributed by atoms with van der Waals surface area (Å²) in [6.45, 7) is 2.12. The van der Waals surface area contributed by atoms with Gasteiger partial charge in [-0.2, -0.15) is 4.98 Å². The Labute approximate surface area is 135 Å². The summed E-state index contributed by atoms with van der Waals surface area (Å²) in [6, 6.07) is 14.9. The third kappa shape index (κ3) is 2.86. The SMILES string of the molecule is Nc1nc2c(N3CCC(Cc4ccccc4)CC3)cccn2n1. The van der Waals surface area contributed by atoms with E-state index >= 15 is 0 Å². The second kappa shape index (κ2) is 5.91. The zero-order valence-electron chi connectivity index (χ0n) is 13.1. The van der Waals surface area contributed by atoms with Gasteiger partial charge in [0.1, 0.15) is 0 Å². The van der Waals surface area contributed by atoms with Crippen molar-refractivity contribution in [2.45, 2.75) is 19.3 Å². The fourth-order valence-corrected chi connectivity index (χ4v) is 3.48. The van der Waals surface area contributed by atoms with E-state index in [1.165, 1.54) is 24.8 Å². The van der Waals surface area contributed by atoms with Crippen molar-refractivity contribution in [3.8, 4) is 0 Å². The lowest BCUT2D eigenvalue weighted by atomic mass is 9.90. The molecule has 23 heavy (non-hydrogen) atoms. The van der Waals surface area contributed by atoms with Crippen LogP contribution in [0.5, 0.6) is 0 Å². The average Bonchev–Trinajstić information content (AvgIpc) is 2.97. The molecule has 0 spiro atoms. The van der Waals surface area contributed by atoms with Gasteiger partial charge in [-0.1, -0.05) is 30.3 Å². The summed E-state index contributed by atoms with van der Waals surface area (Å²) in [7, 11) is 0. The van der Waals surface area contributed by atoms with Crippen LogP contribution in [0.15, 0.2) is 48.7 Å². The second-order valence-corrected chi connectivity index (χ2v) is 6.25. The van der Waals surface area contributed by atoms with Crippen LogP contribution in [0.2, 0.25) is 0 Å². The summed E-state index contributed by atoms with van der Waals surface area (Å²) >= 11 is 0. The van der Waals surface area contributed by atoms with Crippen LogP contribution in [0, 0.1) is 5.92 Å². The lowest BCUT2D eigenvalue weighted by Gasteiger charge is -2.33. The fraction of sp³-hybridized carbons (Fsp3) is 0.333. The van der Waals surface area contributed by atoms with Gasteiger partial charge in [0.05, 0.1) is 5.69 Å². The van der Waals surface area contributed by atoms with Crippen LogP contribution in [0.3, 0.4) is 0 Å². The van der Waals surface area contributed by atoms with Crippen molar-refractivity contribution < 1.29 is 0 Å². The molecule has 0 radical (unpaired) electrons. The Morgan fingerprint density at radius 1 is 1.04 bits per heavy atom. The van der Waals surface area contributed by atoms with E-state index in [2.05, 4.69) is 51.4 Å². The lowest BCUT2D eigenvalue weighted by molar-refractivity contribution is 0.404. The Balaban J connectivity index is 1.46. The van der Waals surface area contributed by atoms with E-state index < -0.39 is 0 Å². The van der Waals surface area contributed by atoms with Crippen LogP contribution in [0.4, 0.5) is 11.6 Å². The van der Waals surface area contributed by atoms with Gasteiger partial charge in [0.2, 0.25) is 5.95 Å². The first kappa shape index (κ1) is 14.1. The molecular weight excluding hydrogens is 286 g/mol. The number of aromatic nitrogens is 3. The minimum Gasteiger partial charge on any atom is -0.368 e. The van der Waals surface area contributed by atoms with Crippen molar-refractivity contribution in [2.24, 2.45) is 5.92 Å². The predicted octanol–water partition coefficient (Wildman–Crippen LogP) is 2.77. The minimum absolute atomic E-state index is 0.330. The largest absolute Gasteiger partial charge is 0.368 e. The summed E-state index contributed by atoms with van der Waals surface area (Å²) in [5.74, 6) is 1.09. The van der Waals surface area contributed by atoms with Crippen molar-refractivity contribution >= 4 is 17.3 Å². The third-order valence-corrected chi connectivity index (χ3v) is 4.68. The number of benzene rings is 1. The summed E-state index contributed by atoms with van der Waals surface area (Å²) in [5, 5.41) is 4.20. The van der Waals surface area contributed by atoms with Crippen molar-refractivity contribution in [2.75, 3.05) is 23.7 Å². The van der Waals surface area contributed by atoms with Gasteiger partial charge in [-0.15, -0.1) is 5.10 Å². The van der Waals surface area contributed by atoms with Crippen molar-refractivity contribution in [3.05, 3.63) is 54.2 Å². The highest BCUT2D eigenvalue weighted by atomic mass is 15.3. The van der Waals surface area contributed by atoms with Crippen LogP contribution < -0.4 is 10.6 Å². The molecule has 2 N–H and O–H groups in total. The molecule has 1 aromatic carbocycles. The molecule has 3 aromatic rings. The average molecular weight is 307 g/mol. The van der Waals surface area contributed by atoms with Crippen LogP contribution in [0.25, 0.3) is 5.65 Å². The number of piperidine rings is 1. The van der Waals surface area contributed by atoms with Crippen molar-refractivity contribution in [1.82, 2.24) is 14.6 Å². The van der Waals surface area contributed by atoms with E-state index in [4.69, 9.17) is 5.73 Å². The Bertz CT molecular complexity index is 788. The molecule has 5 nitrogen and oxygen atoms in total. The maximum absolute atomic E-state index is 5.74. The molecule has 0 aliphatic carbocycles. The summed E-state index contributed by atoms with van der Waals surface area (Å²) in [5.41, 5.74) is 9.17. The smallest absolute Gasteiger partial charge is 0.240 e. The third-order valence-electron chi connectivity index (χ3n) is 4.68. The highest BCUT2D eigenvalue weighted by Crippen LogP contribution is 2.28. The van der Waals surface area contributed by atoms with Crippen LogP contribution >= 0.6 is 0 Å². The van der Waals surface area contributed by atoms with E-state index in [1.54, 1.807) is 4.52 Å².